The van der Waals surface area contributed by atoms with Crippen LogP contribution in [0.2, 0.25) is 0 Å². The van der Waals surface area contributed by atoms with E-state index in [-0.39, 0.29) is 13.0 Å². The highest BCUT2D eigenvalue weighted by atomic mass is 79.9. The second-order valence-electron chi connectivity index (χ2n) is 2.74. The van der Waals surface area contributed by atoms with E-state index < -0.39 is 0 Å². The van der Waals surface area contributed by atoms with Gasteiger partial charge >= 0.3 is 0 Å². The van der Waals surface area contributed by atoms with Crippen LogP contribution in [0.5, 0.6) is 0 Å². The lowest BCUT2D eigenvalue weighted by atomic mass is 10.7. The molecule has 3 heteroatoms. The van der Waals surface area contributed by atoms with Gasteiger partial charge in [-0.15, -0.1) is 7.14 Å². The third kappa shape index (κ3) is 2.59. The maximum atomic E-state index is 3.73. The first-order valence-corrected chi connectivity index (χ1v) is 8.27. The Morgan fingerprint density at radius 3 is 1.44 bits per heavy atom. The summed E-state index contributed by atoms with van der Waals surface area (Å²) >= 11 is 3.73. The van der Waals surface area contributed by atoms with E-state index in [4.69, 9.17) is 0 Å². The van der Waals surface area contributed by atoms with Gasteiger partial charge in [0.25, 0.3) is 0 Å². The maximum Gasteiger partial charge on any atom is 0.200 e. The van der Waals surface area contributed by atoms with Crippen molar-refractivity contribution in [2.75, 3.05) is 18.5 Å². The molecule has 0 fully saturated rings. The zero-order chi connectivity index (χ0) is 7.33. The van der Waals surface area contributed by atoms with Gasteiger partial charge in [-0.2, -0.15) is 0 Å². The molecule has 0 radical (unpaired) electrons. The Bertz CT molecular complexity index is 55.9. The van der Waals surface area contributed by atoms with Crippen LogP contribution in [0.1, 0.15) is 20.8 Å². The fourth-order valence-electron chi connectivity index (χ4n) is 1.03. The zero-order valence-corrected chi connectivity index (χ0v) is 9.43. The fraction of sp³-hybridized carbons (Fsp3) is 1.00. The van der Waals surface area contributed by atoms with E-state index >= 15 is 0 Å². The Labute approximate surface area is 68.3 Å². The van der Waals surface area contributed by atoms with E-state index in [1.165, 1.54) is 18.5 Å². The third-order valence-corrected chi connectivity index (χ3v) is 12.5. The number of halogens is 1. The minimum Gasteiger partial charge on any atom is -0.308 e. The van der Waals surface area contributed by atoms with Gasteiger partial charge in [0, 0.05) is 18.5 Å². The van der Waals surface area contributed by atoms with Crippen LogP contribution in [0, 0.1) is 0 Å². The van der Waals surface area contributed by atoms with E-state index in [1.54, 1.807) is 0 Å². The summed E-state index contributed by atoms with van der Waals surface area (Å²) in [6.07, 6.45) is 4.39. The average Bonchev–Trinajstić information content (AvgIpc) is 1.95. The first-order valence-electron chi connectivity index (χ1n) is 3.90. The van der Waals surface area contributed by atoms with Crippen molar-refractivity contribution in [1.29, 1.82) is 0 Å². The minimum atomic E-state index is -0.378. The quantitative estimate of drug-likeness (QED) is 0.494. The van der Waals surface area contributed by atoms with Gasteiger partial charge in [0.05, 0.1) is 0 Å². The highest BCUT2D eigenvalue weighted by Crippen LogP contribution is 2.56. The van der Waals surface area contributed by atoms with Crippen LogP contribution in [0.4, 0.5) is 0 Å². The van der Waals surface area contributed by atoms with Crippen LogP contribution >= 0.6 is 22.9 Å². The Balaban J connectivity index is 3.82. The summed E-state index contributed by atoms with van der Waals surface area (Å²) in [5.41, 5.74) is 0. The van der Waals surface area contributed by atoms with Crippen LogP contribution in [-0.4, -0.2) is 24.3 Å². The van der Waals surface area contributed by atoms with Crippen molar-refractivity contribution < 1.29 is 0 Å². The van der Waals surface area contributed by atoms with Crippen LogP contribution in [0.15, 0.2) is 0 Å². The number of hydrogen-bond acceptors (Lipinski definition) is 0. The highest BCUT2D eigenvalue weighted by Gasteiger charge is 2.21. The summed E-state index contributed by atoms with van der Waals surface area (Å²) < 4.78 is 0. The van der Waals surface area contributed by atoms with Gasteiger partial charge in [-0.3, -0.25) is 0 Å². The number of rotatable bonds is 4. The molecule has 56 valence electrons. The van der Waals surface area contributed by atoms with Crippen molar-refractivity contribution in [2.24, 2.45) is 0 Å². The molecule has 0 saturated carbocycles. The Hall–Kier alpha value is 0.975. The largest absolute Gasteiger partial charge is 0.308 e. The third-order valence-electron chi connectivity index (χ3n) is 2.65. The molecule has 0 unspecified atom stereocenters. The molecule has 0 saturated heterocycles. The van der Waals surface area contributed by atoms with Crippen molar-refractivity contribution in [3.05, 3.63) is 0 Å². The number of hydrogen-bond donors (Lipinski definition) is 0. The summed E-state index contributed by atoms with van der Waals surface area (Å²) in [4.78, 5) is 0. The van der Waals surface area contributed by atoms with Crippen LogP contribution < -0.4 is 0 Å². The molecule has 0 N–H and O–H groups in total. The van der Waals surface area contributed by atoms with Gasteiger partial charge in [-0.25, -0.2) is 0 Å². The zero-order valence-electron chi connectivity index (χ0n) is 6.95. The normalized spacial score (nSPS) is 12.0. The lowest BCUT2D eigenvalue weighted by Crippen LogP contribution is -2.05. The molecule has 0 amide bonds. The molecular formula is C6H17BBrP. The second-order valence-corrected chi connectivity index (χ2v) is 10.3. The average molecular weight is 211 g/mol. The van der Waals surface area contributed by atoms with Gasteiger partial charge in [-0.1, -0.05) is 0 Å². The lowest BCUT2D eigenvalue weighted by molar-refractivity contribution is 1.34. The molecule has 0 bridgehead atoms. The molecule has 9 heavy (non-hydrogen) atoms. The van der Waals surface area contributed by atoms with Gasteiger partial charge in [0.2, 0.25) is 5.82 Å². The molecule has 0 aliphatic carbocycles. The van der Waals surface area contributed by atoms with E-state index in [9.17, 15) is 0 Å². The van der Waals surface area contributed by atoms with Crippen molar-refractivity contribution in [2.45, 2.75) is 20.8 Å². The Morgan fingerprint density at radius 2 is 1.44 bits per heavy atom. The van der Waals surface area contributed by atoms with E-state index in [2.05, 4.69) is 36.5 Å². The van der Waals surface area contributed by atoms with Crippen LogP contribution in [0.3, 0.4) is 0 Å². The highest BCUT2D eigenvalue weighted by molar-refractivity contribution is 9.26. The van der Waals surface area contributed by atoms with Crippen molar-refractivity contribution in [3.63, 3.8) is 0 Å². The summed E-state index contributed by atoms with van der Waals surface area (Å²) in [6, 6.07) is 0. The molecule has 0 aromatic carbocycles. The molecule has 0 spiro atoms. The maximum absolute atomic E-state index is 3.73. The first kappa shape index (κ1) is 9.97. The van der Waals surface area contributed by atoms with Crippen molar-refractivity contribution in [3.8, 4) is 0 Å². The monoisotopic (exact) mass is 210 g/mol. The summed E-state index contributed by atoms with van der Waals surface area (Å²) in [6.45, 7) is 7.06. The summed E-state index contributed by atoms with van der Waals surface area (Å²) in [7, 11) is -0.378. The molecule has 0 atom stereocenters. The lowest BCUT2D eigenvalue weighted by Gasteiger charge is -2.27. The van der Waals surface area contributed by atoms with Gasteiger partial charge in [0.1, 0.15) is 0 Å². The molecule has 0 aliphatic heterocycles. The molecule has 0 rings (SSSR count). The molecule has 0 aromatic heterocycles. The van der Waals surface area contributed by atoms with Crippen molar-refractivity contribution in [1.82, 2.24) is 0 Å². The molecular weight excluding hydrogens is 194 g/mol. The standard InChI is InChI=1S/C6H17BBrP/c1-4-9(5-2,6-3)7-8/h4-7H2,1-3H3. The van der Waals surface area contributed by atoms with E-state index in [0.29, 0.717) is 0 Å². The molecule has 0 aliphatic rings. The molecule has 0 aromatic rings. The molecule has 0 nitrogen and oxygen atoms in total. The van der Waals surface area contributed by atoms with Gasteiger partial charge < -0.3 is 15.8 Å². The molecule has 0 heterocycles. The van der Waals surface area contributed by atoms with Gasteiger partial charge in [-0.05, 0) is 20.8 Å². The summed E-state index contributed by atoms with van der Waals surface area (Å²) in [5.74, 6) is 0.257. The SMILES string of the molecule is CC[P+]([BH2-]Br)(CC)CC. The van der Waals surface area contributed by atoms with E-state index in [1.807, 2.05) is 0 Å². The van der Waals surface area contributed by atoms with Crippen molar-refractivity contribution >= 4 is 28.7 Å². The van der Waals surface area contributed by atoms with Crippen LogP contribution in [-0.2, 0) is 0 Å². The summed E-state index contributed by atoms with van der Waals surface area (Å²) in [5, 5.41) is 0. The first-order chi connectivity index (χ1) is 4.24. The van der Waals surface area contributed by atoms with E-state index in [0.717, 1.165) is 0 Å². The predicted octanol–water partition coefficient (Wildman–Crippen LogP) is 2.46. The second kappa shape index (κ2) is 4.74. The minimum absolute atomic E-state index is 0.257. The van der Waals surface area contributed by atoms with Gasteiger partial charge in [0.15, 0.2) is 0 Å². The smallest absolute Gasteiger partial charge is 0.200 e. The fourth-order valence-corrected chi connectivity index (χ4v) is 7.60. The topological polar surface area (TPSA) is 0 Å². The Kier molecular flexibility index (Phi) is 5.25. The predicted molar refractivity (Wildman–Crippen MR) is 56.0 cm³/mol. The van der Waals surface area contributed by atoms with Crippen LogP contribution in [0.25, 0.3) is 0 Å². The Morgan fingerprint density at radius 1 is 1.11 bits per heavy atom.